The second-order valence-corrected chi connectivity index (χ2v) is 34.2. The number of ether oxygens (including phenoxy) is 5. The molecule has 5 amide bonds. The lowest BCUT2D eigenvalue weighted by Crippen LogP contribution is -2.55. The van der Waals surface area contributed by atoms with Crippen molar-refractivity contribution in [1.29, 1.82) is 16.2 Å². The average Bonchev–Trinajstić information content (AvgIpc) is 0.827. The molecule has 37 heteroatoms. The maximum absolute atomic E-state index is 13.5. The fourth-order valence-electron chi connectivity index (χ4n) is 11.1. The Morgan fingerprint density at radius 1 is 0.602 bits per heavy atom. The summed E-state index contributed by atoms with van der Waals surface area (Å²) in [5.41, 5.74) is 0.458. The number of unbranched alkanes of at least 4 members (excludes halogenated alkanes) is 4. The number of hydrogen-bond acceptors (Lipinski definition) is 22. The third-order valence-corrected chi connectivity index (χ3v) is 22.3. The molecule has 2 bridgehead atoms. The summed E-state index contributed by atoms with van der Waals surface area (Å²) in [6.07, 6.45) is 18.2. The first-order valence-corrected chi connectivity index (χ1v) is 42.3. The van der Waals surface area contributed by atoms with Crippen LogP contribution >= 0.6 is 34.8 Å². The average molecular weight is 1690 g/mol. The van der Waals surface area contributed by atoms with E-state index >= 15 is 0 Å². The van der Waals surface area contributed by atoms with Gasteiger partial charge in [0, 0.05) is 142 Å². The minimum atomic E-state index is -4.21. The highest BCUT2D eigenvalue weighted by atomic mass is 35.5. The number of fused-ring (bicyclic) bond motifs is 12. The van der Waals surface area contributed by atoms with Gasteiger partial charge in [0.05, 0.1) is 19.8 Å². The molecule has 5 aliphatic rings. The second kappa shape index (κ2) is 47.1. The molecule has 0 radical (unpaired) electrons. The molecular formula is C76H108Cl3N15O16S3. The third kappa shape index (κ3) is 32.5. The molecular weight excluding hydrogens is 1580 g/mol. The highest BCUT2D eigenvalue weighted by molar-refractivity contribution is 7.88. The molecule has 0 atom stereocenters. The van der Waals surface area contributed by atoms with Crippen LogP contribution in [0.3, 0.4) is 0 Å². The molecule has 3 saturated heterocycles. The number of piperazine rings is 3. The van der Waals surface area contributed by atoms with Crippen molar-refractivity contribution in [3.05, 3.63) is 172 Å². The molecule has 0 aromatic heterocycles. The van der Waals surface area contributed by atoms with E-state index in [-0.39, 0.29) is 120 Å². The Balaban J connectivity index is 0.000000305. The Hall–Kier alpha value is -8.84. The number of benzene rings is 3. The number of carbonyl (C=O) groups is 5. The van der Waals surface area contributed by atoms with Crippen LogP contribution in [0.5, 0.6) is 0 Å². The van der Waals surface area contributed by atoms with E-state index in [4.69, 9.17) is 74.7 Å². The molecule has 3 aromatic rings. The van der Waals surface area contributed by atoms with Crippen LogP contribution in [0.1, 0.15) is 112 Å². The van der Waals surface area contributed by atoms with E-state index in [2.05, 4.69) is 40.4 Å². The van der Waals surface area contributed by atoms with Crippen molar-refractivity contribution in [2.45, 2.75) is 123 Å². The van der Waals surface area contributed by atoms with Crippen molar-refractivity contribution in [3.63, 3.8) is 0 Å². The Morgan fingerprint density at radius 2 is 1.06 bits per heavy atom. The van der Waals surface area contributed by atoms with Gasteiger partial charge in [-0.15, -0.1) is 19.7 Å². The van der Waals surface area contributed by atoms with Crippen LogP contribution in [0.25, 0.3) is 0 Å². The van der Waals surface area contributed by atoms with E-state index < -0.39 is 71.7 Å². The zero-order valence-electron chi connectivity index (χ0n) is 65.0. The van der Waals surface area contributed by atoms with Gasteiger partial charge in [-0.2, -0.15) is 42.5 Å². The van der Waals surface area contributed by atoms with Crippen molar-refractivity contribution in [3.8, 4) is 0 Å². The van der Waals surface area contributed by atoms with Crippen LogP contribution in [0.15, 0.2) is 157 Å². The normalized spacial score (nSPS) is 17.6. The number of allylic oxidation sites excluding steroid dienone is 6. The van der Waals surface area contributed by atoms with Gasteiger partial charge in [-0.1, -0.05) is 83.4 Å². The lowest BCUT2D eigenvalue weighted by molar-refractivity contribution is -0.117. The van der Waals surface area contributed by atoms with Crippen LogP contribution in [0.2, 0.25) is 15.1 Å². The van der Waals surface area contributed by atoms with Gasteiger partial charge in [-0.3, -0.25) is 14.4 Å². The van der Waals surface area contributed by atoms with Crippen LogP contribution in [0.4, 0.5) is 26.7 Å². The Morgan fingerprint density at radius 3 is 1.50 bits per heavy atom. The number of rotatable bonds is 30. The molecule has 622 valence electrons. The van der Waals surface area contributed by atoms with Gasteiger partial charge < -0.3 is 70.6 Å². The molecule has 0 unspecified atom stereocenters. The van der Waals surface area contributed by atoms with Crippen LogP contribution < -0.4 is 25.4 Å². The zero-order valence-corrected chi connectivity index (χ0v) is 69.7. The highest BCUT2D eigenvalue weighted by Gasteiger charge is 2.39. The highest BCUT2D eigenvalue weighted by Crippen LogP contribution is 2.27. The first-order chi connectivity index (χ1) is 53.6. The number of nitrogens with zero attached hydrogens (tertiary/aromatic N) is 7. The summed E-state index contributed by atoms with van der Waals surface area (Å²) in [7, 11) is -11.9. The predicted molar refractivity (Wildman–Crippen MR) is 443 cm³/mol. The minimum Gasteiger partial charge on any atom is -0.486 e. The number of nitrogens with one attached hydrogen (secondary N) is 8. The zero-order chi connectivity index (χ0) is 83.4. The van der Waals surface area contributed by atoms with Crippen LogP contribution in [0, 0.1) is 16.2 Å². The SMILES string of the molecule is C=CCCCCO/C(C(=O)Nc1cccc(Cl)c1)=C(/C=N)N1CCN(S(=O)(=O)N(CCC=C)C(=O)OC(C)(C)C)CC1.C=CCCCCO/C(C(=O)Nc1cccc(Cl)c1)=C(/C=N)N1CCN(S(=O)(=O)NC(=O)OC(C)(C)C)CC1.N=C/C1=C(\C(=O)Nc2cccc(Cl)c2)OCCCC/C=C/CCNS(=O)(=O)N2CCN1CC2. The van der Waals surface area contributed by atoms with Gasteiger partial charge in [-0.25, -0.2) is 19.0 Å². The molecule has 3 fully saturated rings. The molecule has 113 heavy (non-hydrogen) atoms. The van der Waals surface area contributed by atoms with E-state index in [0.717, 1.165) is 72.2 Å². The summed E-state index contributed by atoms with van der Waals surface area (Å²) in [4.78, 5) is 69.7. The van der Waals surface area contributed by atoms with Crippen LogP contribution in [-0.2, 0) is 68.7 Å². The summed E-state index contributed by atoms with van der Waals surface area (Å²) >= 11 is 18.1. The van der Waals surface area contributed by atoms with Crippen molar-refractivity contribution in [2.75, 3.05) is 127 Å². The molecule has 8 rings (SSSR count). The molecule has 5 heterocycles. The number of anilines is 3. The summed E-state index contributed by atoms with van der Waals surface area (Å²) < 4.78 is 114. The predicted octanol–water partition coefficient (Wildman–Crippen LogP) is 11.8. The molecule has 0 spiro atoms. The number of halogens is 3. The largest absolute Gasteiger partial charge is 0.486 e. The molecule has 8 N–H and O–H groups in total. The van der Waals surface area contributed by atoms with E-state index in [9.17, 15) is 49.2 Å². The molecule has 0 saturated carbocycles. The Labute approximate surface area is 680 Å². The summed E-state index contributed by atoms with van der Waals surface area (Å²) in [6, 6.07) is 20.1. The topological polar surface area (TPSA) is 388 Å². The van der Waals surface area contributed by atoms with Gasteiger partial charge in [0.25, 0.3) is 27.9 Å². The summed E-state index contributed by atoms with van der Waals surface area (Å²) in [6.45, 7) is 23.8. The van der Waals surface area contributed by atoms with E-state index in [0.29, 0.717) is 83.3 Å². The lowest BCUT2D eigenvalue weighted by Gasteiger charge is -2.38. The molecule has 3 aromatic carbocycles. The first kappa shape index (κ1) is 94.8. The summed E-state index contributed by atoms with van der Waals surface area (Å²) in [5, 5.41) is 33.8. The Bertz CT molecular complexity index is 4240. The fourth-order valence-corrected chi connectivity index (χ4v) is 15.4. The molecule has 31 nitrogen and oxygen atoms in total. The van der Waals surface area contributed by atoms with E-state index in [1.807, 2.05) is 21.8 Å². The van der Waals surface area contributed by atoms with Crippen LogP contribution in [-0.4, -0.2) is 228 Å². The minimum absolute atomic E-state index is 0.00951. The van der Waals surface area contributed by atoms with Gasteiger partial charge in [0.15, 0.2) is 0 Å². The van der Waals surface area contributed by atoms with Gasteiger partial charge in [0.2, 0.25) is 17.3 Å². The monoisotopic (exact) mass is 1690 g/mol. The smallest absolute Gasteiger partial charge is 0.425 e. The maximum atomic E-state index is 13.5. The van der Waals surface area contributed by atoms with Gasteiger partial charge in [0.1, 0.15) is 28.3 Å². The number of hydrogen-bond donors (Lipinski definition) is 8. The Kier molecular flexibility index (Phi) is 39.5. The maximum Gasteiger partial charge on any atom is 0.425 e. The van der Waals surface area contributed by atoms with Crippen molar-refractivity contribution in [1.82, 2.24) is 41.4 Å². The fraction of sp³-hybridized carbons (Fsp3) is 0.474. The standard InChI is InChI=1S/C29H42ClN5O6S.C25H36ClN5O6S.C22H30ClN5O4S/c1-6-8-10-11-20-40-26(27(36)32-24-14-12-13-23(30)21-24)25(22-31)33-16-18-34(19-17-33)42(38,39)35(15-9-7-2)28(37)41-29(3,4)5;1-5-6-7-8-16-36-22(23(32)28-20-11-9-10-19(26)17-20)21(18-27)30-12-14-31(15-13-30)38(34,35)29-24(33)37-25(2,3)4;23-18-8-7-9-19(16-18)26-22(29)21-20(17-24)27-11-13-28(14-12-27)33(30,31)25-10-5-3-1-2-4-6-15-32-21/h6-7,12-14,21-22,31H,1-2,8-11,15-20H2,3-5H3,(H,32,36);5,9-11,17-18,27H,1,6-8,12-16H2,2-4H3,(H,28,32)(H,29,33);1,3,7-9,16-17,24-25H,2,4-6,10-15H2,(H,26,29)/b26-25-,31-22?;22-21-,27-18?;3-1+,21-20-,24-17?. The quantitative estimate of drug-likeness (QED) is 0.0101. The van der Waals surface area contributed by atoms with Crippen molar-refractivity contribution >= 4 is 131 Å². The third-order valence-electron chi connectivity index (χ3n) is 16.6. The first-order valence-electron chi connectivity index (χ1n) is 36.9. The number of carbonyl (C=O) groups excluding carboxylic acids is 5. The van der Waals surface area contributed by atoms with Gasteiger partial charge >= 0.3 is 32.6 Å². The van der Waals surface area contributed by atoms with E-state index in [1.54, 1.807) is 136 Å². The lowest BCUT2D eigenvalue weighted by atomic mass is 10.2. The second-order valence-electron chi connectivity index (χ2n) is 27.6. The van der Waals surface area contributed by atoms with Crippen molar-refractivity contribution < 1.29 is 72.9 Å². The summed E-state index contributed by atoms with van der Waals surface area (Å²) in [5.74, 6) is -1.67. The van der Waals surface area contributed by atoms with Gasteiger partial charge in [-0.05, 0) is 167 Å². The van der Waals surface area contributed by atoms with E-state index in [1.165, 1.54) is 14.7 Å². The molecule has 0 aliphatic carbocycles. The number of amides is 5. The van der Waals surface area contributed by atoms with Crippen molar-refractivity contribution in [2.24, 2.45) is 0 Å². The molecule has 5 aliphatic heterocycles.